The number of rotatable bonds is 3. The Bertz CT molecular complexity index is 625. The van der Waals surface area contributed by atoms with E-state index in [1.165, 1.54) is 0 Å². The highest BCUT2D eigenvalue weighted by Gasteiger charge is 2.46. The number of fused-ring (bicyclic) bond motifs is 1. The van der Waals surface area contributed by atoms with E-state index in [9.17, 15) is 14.7 Å². The van der Waals surface area contributed by atoms with Gasteiger partial charge in [0.25, 0.3) is 5.91 Å². The maximum atomic E-state index is 12.1. The van der Waals surface area contributed by atoms with Gasteiger partial charge in [-0.2, -0.15) is 0 Å². The van der Waals surface area contributed by atoms with Crippen LogP contribution in [-0.4, -0.2) is 31.9 Å². The number of aliphatic carboxylic acids is 1. The minimum absolute atomic E-state index is 0.235. The van der Waals surface area contributed by atoms with Gasteiger partial charge in [0.05, 0.1) is 0 Å². The Balaban J connectivity index is 1.86. The second kappa shape index (κ2) is 4.08. The molecule has 1 aliphatic rings. The number of nitrogens with one attached hydrogen (secondary N) is 1. The molecule has 2 aromatic heterocycles. The van der Waals surface area contributed by atoms with Gasteiger partial charge in [-0.25, -0.2) is 9.78 Å². The first kappa shape index (κ1) is 11.7. The molecule has 0 aromatic carbocycles. The summed E-state index contributed by atoms with van der Waals surface area (Å²) in [6.45, 7) is 0. The first-order chi connectivity index (χ1) is 9.11. The van der Waals surface area contributed by atoms with Gasteiger partial charge in [-0.3, -0.25) is 4.79 Å². The Morgan fingerprint density at radius 1 is 1.37 bits per heavy atom. The van der Waals surface area contributed by atoms with E-state index in [0.29, 0.717) is 18.5 Å². The number of hydrogen-bond donors (Lipinski definition) is 2. The second-order valence-corrected chi connectivity index (χ2v) is 4.79. The number of nitrogens with zero attached hydrogens (tertiary/aromatic N) is 2. The molecule has 0 spiro atoms. The lowest BCUT2D eigenvalue weighted by Gasteiger charge is -2.37. The van der Waals surface area contributed by atoms with E-state index in [2.05, 4.69) is 10.3 Å². The average molecular weight is 259 g/mol. The highest BCUT2D eigenvalue weighted by atomic mass is 16.4. The van der Waals surface area contributed by atoms with Crippen LogP contribution in [0.1, 0.15) is 29.8 Å². The molecule has 0 bridgehead atoms. The lowest BCUT2D eigenvalue weighted by Crippen LogP contribution is -2.59. The van der Waals surface area contributed by atoms with Crippen LogP contribution < -0.4 is 5.32 Å². The van der Waals surface area contributed by atoms with Crippen LogP contribution in [0, 0.1) is 0 Å². The van der Waals surface area contributed by atoms with Gasteiger partial charge < -0.3 is 14.8 Å². The number of carboxylic acid groups (broad SMARTS) is 1. The zero-order valence-corrected chi connectivity index (χ0v) is 10.2. The molecule has 2 aromatic rings. The minimum Gasteiger partial charge on any atom is -0.480 e. The summed E-state index contributed by atoms with van der Waals surface area (Å²) in [7, 11) is 0. The summed E-state index contributed by atoms with van der Waals surface area (Å²) < 4.78 is 1.73. The van der Waals surface area contributed by atoms with E-state index in [1.807, 2.05) is 12.1 Å². The van der Waals surface area contributed by atoms with Gasteiger partial charge in [0.15, 0.2) is 0 Å². The summed E-state index contributed by atoms with van der Waals surface area (Å²) in [6, 6.07) is 5.45. The van der Waals surface area contributed by atoms with Crippen molar-refractivity contribution in [2.75, 3.05) is 0 Å². The fraction of sp³-hybridized carbons (Fsp3) is 0.308. The largest absolute Gasteiger partial charge is 0.480 e. The molecule has 1 aliphatic carbocycles. The molecular formula is C13H13N3O3. The maximum Gasteiger partial charge on any atom is 0.329 e. The van der Waals surface area contributed by atoms with E-state index in [4.69, 9.17) is 0 Å². The fourth-order valence-corrected chi connectivity index (χ4v) is 2.25. The summed E-state index contributed by atoms with van der Waals surface area (Å²) in [5, 5.41) is 11.8. The van der Waals surface area contributed by atoms with Crippen molar-refractivity contribution in [3.63, 3.8) is 0 Å². The predicted octanol–water partition coefficient (Wildman–Crippen LogP) is 1.07. The van der Waals surface area contributed by atoms with E-state index in [0.717, 1.165) is 6.42 Å². The SMILES string of the molecule is O=C(NC1(C(=O)O)CCC1)c1cn2ccccc2n1. The number of hydrogen-bond acceptors (Lipinski definition) is 3. The molecule has 0 atom stereocenters. The molecule has 0 unspecified atom stereocenters. The molecule has 1 amide bonds. The van der Waals surface area contributed by atoms with Gasteiger partial charge >= 0.3 is 5.97 Å². The summed E-state index contributed by atoms with van der Waals surface area (Å²) in [5.41, 5.74) is -0.211. The smallest absolute Gasteiger partial charge is 0.329 e. The molecule has 6 heteroatoms. The van der Waals surface area contributed by atoms with Gasteiger partial charge in [-0.15, -0.1) is 0 Å². The van der Waals surface area contributed by atoms with Crippen LogP contribution >= 0.6 is 0 Å². The van der Waals surface area contributed by atoms with Gasteiger partial charge in [-0.05, 0) is 31.4 Å². The number of carboxylic acids is 1. The Morgan fingerprint density at radius 2 is 2.16 bits per heavy atom. The first-order valence-electron chi connectivity index (χ1n) is 6.10. The molecule has 1 fully saturated rings. The van der Waals surface area contributed by atoms with Crippen molar-refractivity contribution in [3.05, 3.63) is 36.3 Å². The third-order valence-electron chi connectivity index (χ3n) is 3.57. The minimum atomic E-state index is -1.10. The first-order valence-corrected chi connectivity index (χ1v) is 6.10. The van der Waals surface area contributed by atoms with Gasteiger partial charge in [-0.1, -0.05) is 6.07 Å². The lowest BCUT2D eigenvalue weighted by atomic mass is 9.76. The van der Waals surface area contributed by atoms with E-state index >= 15 is 0 Å². The van der Waals surface area contributed by atoms with Crippen LogP contribution in [-0.2, 0) is 4.79 Å². The Labute approximate surface area is 109 Å². The topological polar surface area (TPSA) is 83.7 Å². The van der Waals surface area contributed by atoms with E-state index < -0.39 is 17.4 Å². The second-order valence-electron chi connectivity index (χ2n) is 4.79. The van der Waals surface area contributed by atoms with Crippen LogP contribution in [0.4, 0.5) is 0 Å². The lowest BCUT2D eigenvalue weighted by molar-refractivity contribution is -0.148. The van der Waals surface area contributed by atoms with Crippen molar-refractivity contribution in [2.45, 2.75) is 24.8 Å². The molecule has 19 heavy (non-hydrogen) atoms. The van der Waals surface area contributed by atoms with Crippen molar-refractivity contribution in [1.29, 1.82) is 0 Å². The predicted molar refractivity (Wildman–Crippen MR) is 66.9 cm³/mol. The van der Waals surface area contributed by atoms with Crippen molar-refractivity contribution in [3.8, 4) is 0 Å². The van der Waals surface area contributed by atoms with Crippen LogP contribution in [0.3, 0.4) is 0 Å². The highest BCUT2D eigenvalue weighted by Crippen LogP contribution is 2.32. The molecule has 2 N–H and O–H groups in total. The van der Waals surface area contributed by atoms with E-state index in [1.54, 1.807) is 22.9 Å². The third-order valence-corrected chi connectivity index (χ3v) is 3.57. The van der Waals surface area contributed by atoms with Crippen LogP contribution in [0.5, 0.6) is 0 Å². The molecule has 2 heterocycles. The van der Waals surface area contributed by atoms with Crippen molar-refractivity contribution >= 4 is 17.5 Å². The number of carbonyl (C=O) groups is 2. The van der Waals surface area contributed by atoms with Gasteiger partial charge in [0.2, 0.25) is 0 Å². The van der Waals surface area contributed by atoms with Crippen molar-refractivity contribution < 1.29 is 14.7 Å². The summed E-state index contributed by atoms with van der Waals surface area (Å²) >= 11 is 0. The van der Waals surface area contributed by atoms with Crippen LogP contribution in [0.25, 0.3) is 5.65 Å². The molecule has 0 aliphatic heterocycles. The third kappa shape index (κ3) is 1.85. The highest BCUT2D eigenvalue weighted by molar-refractivity contribution is 5.97. The molecular weight excluding hydrogens is 246 g/mol. The quantitative estimate of drug-likeness (QED) is 0.863. The molecule has 98 valence electrons. The monoisotopic (exact) mass is 259 g/mol. The number of carbonyl (C=O) groups excluding carboxylic acids is 1. The standard InChI is InChI=1S/C13H13N3O3/c17-11(15-13(12(18)19)5-3-6-13)9-8-16-7-2-1-4-10(16)14-9/h1-2,4,7-8H,3,5-6H2,(H,15,17)(H,18,19). The molecule has 0 saturated heterocycles. The van der Waals surface area contributed by atoms with Crippen molar-refractivity contribution in [1.82, 2.24) is 14.7 Å². The Kier molecular flexibility index (Phi) is 2.51. The van der Waals surface area contributed by atoms with Gasteiger partial charge in [0.1, 0.15) is 16.9 Å². The van der Waals surface area contributed by atoms with Crippen LogP contribution in [0.15, 0.2) is 30.6 Å². The zero-order valence-electron chi connectivity index (χ0n) is 10.2. The molecule has 0 radical (unpaired) electrons. The summed E-state index contributed by atoms with van der Waals surface area (Å²) in [5.74, 6) is -1.42. The average Bonchev–Trinajstić information content (AvgIpc) is 2.76. The van der Waals surface area contributed by atoms with Crippen molar-refractivity contribution in [2.24, 2.45) is 0 Å². The fourth-order valence-electron chi connectivity index (χ4n) is 2.25. The number of imidazole rings is 1. The number of amides is 1. The molecule has 6 nitrogen and oxygen atoms in total. The Hall–Kier alpha value is -2.37. The van der Waals surface area contributed by atoms with E-state index in [-0.39, 0.29) is 5.69 Å². The van der Waals surface area contributed by atoms with Gasteiger partial charge in [0, 0.05) is 12.4 Å². The maximum absolute atomic E-state index is 12.1. The normalized spacial score (nSPS) is 16.8. The number of pyridine rings is 1. The number of aromatic nitrogens is 2. The molecule has 1 saturated carbocycles. The summed E-state index contributed by atoms with van der Waals surface area (Å²) in [6.07, 6.45) is 5.15. The molecule has 3 rings (SSSR count). The zero-order chi connectivity index (χ0) is 13.5. The summed E-state index contributed by atoms with van der Waals surface area (Å²) in [4.78, 5) is 27.5. The van der Waals surface area contributed by atoms with Crippen LogP contribution in [0.2, 0.25) is 0 Å². The Morgan fingerprint density at radius 3 is 2.74 bits per heavy atom.